The van der Waals surface area contributed by atoms with Crippen LogP contribution in [-0.2, 0) is 9.59 Å². The van der Waals surface area contributed by atoms with Crippen molar-refractivity contribution in [2.45, 2.75) is 65.1 Å². The SMILES string of the molecule is C=C1C(=O)[C@@]23[C@H](O)C[C@@H]4C(C)(C)C(=O)CC[C@@]4(C)[C@@H]2CC[C@H]1[C@H]3O. The molecule has 4 fully saturated rings. The van der Waals surface area contributed by atoms with Gasteiger partial charge in [0, 0.05) is 17.8 Å². The van der Waals surface area contributed by atoms with Crippen molar-refractivity contribution in [2.24, 2.45) is 34.0 Å². The lowest BCUT2D eigenvalue weighted by Gasteiger charge is -2.64. The Hall–Kier alpha value is -1.00. The Morgan fingerprint density at radius 2 is 1.75 bits per heavy atom. The minimum Gasteiger partial charge on any atom is -0.392 e. The zero-order chi connectivity index (χ0) is 17.7. The molecule has 0 aromatic heterocycles. The van der Waals surface area contributed by atoms with Crippen LogP contribution in [0.4, 0.5) is 0 Å². The monoisotopic (exact) mass is 332 g/mol. The van der Waals surface area contributed by atoms with Gasteiger partial charge in [-0.1, -0.05) is 27.4 Å². The molecule has 0 heterocycles. The highest BCUT2D eigenvalue weighted by atomic mass is 16.3. The van der Waals surface area contributed by atoms with E-state index < -0.39 is 23.0 Å². The van der Waals surface area contributed by atoms with Crippen LogP contribution in [0.3, 0.4) is 0 Å². The second-order valence-corrected chi connectivity index (χ2v) is 9.42. The quantitative estimate of drug-likeness (QED) is 0.667. The topological polar surface area (TPSA) is 74.6 Å². The number of carbonyl (C=O) groups excluding carboxylic acids is 2. The number of hydrogen-bond donors (Lipinski definition) is 2. The molecule has 0 aliphatic heterocycles. The normalized spacial score (nSPS) is 52.9. The lowest BCUT2D eigenvalue weighted by atomic mass is 9.39. The average molecular weight is 332 g/mol. The van der Waals surface area contributed by atoms with E-state index >= 15 is 0 Å². The summed E-state index contributed by atoms with van der Waals surface area (Å²) in [5.74, 6) is -0.109. The third-order valence-electron chi connectivity index (χ3n) is 8.43. The summed E-state index contributed by atoms with van der Waals surface area (Å²) < 4.78 is 0. The molecule has 7 atom stereocenters. The average Bonchev–Trinajstić information content (AvgIpc) is 2.64. The number of carbonyl (C=O) groups is 2. The highest BCUT2D eigenvalue weighted by Gasteiger charge is 2.74. The molecule has 0 unspecified atom stereocenters. The molecular weight excluding hydrogens is 304 g/mol. The fourth-order valence-electron chi connectivity index (χ4n) is 7.14. The Balaban J connectivity index is 1.88. The van der Waals surface area contributed by atoms with Crippen molar-refractivity contribution in [1.82, 2.24) is 0 Å². The summed E-state index contributed by atoms with van der Waals surface area (Å²) >= 11 is 0. The summed E-state index contributed by atoms with van der Waals surface area (Å²) in [5.41, 5.74) is -1.29. The van der Waals surface area contributed by atoms with Crippen LogP contribution in [-0.4, -0.2) is 34.0 Å². The molecule has 4 aliphatic carbocycles. The minimum atomic E-state index is -1.10. The fraction of sp³-hybridized carbons (Fsp3) is 0.800. The van der Waals surface area contributed by atoms with E-state index in [1.807, 2.05) is 13.8 Å². The van der Waals surface area contributed by atoms with E-state index in [2.05, 4.69) is 13.5 Å². The van der Waals surface area contributed by atoms with Gasteiger partial charge < -0.3 is 10.2 Å². The van der Waals surface area contributed by atoms with Gasteiger partial charge >= 0.3 is 0 Å². The van der Waals surface area contributed by atoms with Crippen molar-refractivity contribution < 1.29 is 19.8 Å². The van der Waals surface area contributed by atoms with Crippen molar-refractivity contribution in [1.29, 1.82) is 0 Å². The first-order valence-corrected chi connectivity index (χ1v) is 9.22. The summed E-state index contributed by atoms with van der Waals surface area (Å²) in [7, 11) is 0. The lowest BCUT2D eigenvalue weighted by molar-refractivity contribution is -0.222. The van der Waals surface area contributed by atoms with E-state index in [-0.39, 0.29) is 34.7 Å². The second kappa shape index (κ2) is 4.59. The van der Waals surface area contributed by atoms with E-state index in [1.165, 1.54) is 0 Å². The maximum atomic E-state index is 13.1. The zero-order valence-electron chi connectivity index (χ0n) is 14.8. The first-order chi connectivity index (χ1) is 11.1. The molecule has 0 aromatic carbocycles. The number of rotatable bonds is 0. The fourth-order valence-corrected chi connectivity index (χ4v) is 7.14. The Morgan fingerprint density at radius 3 is 2.42 bits per heavy atom. The first kappa shape index (κ1) is 16.5. The largest absolute Gasteiger partial charge is 0.392 e. The van der Waals surface area contributed by atoms with E-state index in [9.17, 15) is 19.8 Å². The van der Waals surface area contributed by atoms with Gasteiger partial charge in [0.1, 0.15) is 5.78 Å². The predicted molar refractivity (Wildman–Crippen MR) is 89.0 cm³/mol. The third-order valence-corrected chi connectivity index (χ3v) is 8.43. The minimum absolute atomic E-state index is 0.0438. The number of ketones is 2. The summed E-state index contributed by atoms with van der Waals surface area (Å²) in [6.07, 6.45) is 1.53. The van der Waals surface area contributed by atoms with Crippen molar-refractivity contribution >= 4 is 11.6 Å². The molecule has 4 heteroatoms. The molecule has 1 spiro atoms. The van der Waals surface area contributed by atoms with Crippen molar-refractivity contribution in [3.8, 4) is 0 Å². The van der Waals surface area contributed by atoms with Gasteiger partial charge in [-0.05, 0) is 48.5 Å². The van der Waals surface area contributed by atoms with Gasteiger partial charge in [-0.15, -0.1) is 0 Å². The Labute approximate surface area is 143 Å². The summed E-state index contributed by atoms with van der Waals surface area (Å²) in [6, 6.07) is 0. The molecule has 4 nitrogen and oxygen atoms in total. The molecule has 0 amide bonds. The van der Waals surface area contributed by atoms with Crippen LogP contribution in [0.15, 0.2) is 12.2 Å². The molecule has 0 radical (unpaired) electrons. The van der Waals surface area contributed by atoms with Crippen LogP contribution < -0.4 is 0 Å². The molecule has 2 bridgehead atoms. The summed E-state index contributed by atoms with van der Waals surface area (Å²) in [6.45, 7) is 10.1. The van der Waals surface area contributed by atoms with Crippen LogP contribution in [0.2, 0.25) is 0 Å². The first-order valence-electron chi connectivity index (χ1n) is 9.22. The van der Waals surface area contributed by atoms with Crippen molar-refractivity contribution in [2.75, 3.05) is 0 Å². The highest BCUT2D eigenvalue weighted by molar-refractivity contribution is 6.04. The van der Waals surface area contributed by atoms with Crippen LogP contribution in [0.25, 0.3) is 0 Å². The van der Waals surface area contributed by atoms with Gasteiger partial charge in [-0.3, -0.25) is 9.59 Å². The van der Waals surface area contributed by atoms with Gasteiger partial charge in [0.15, 0.2) is 5.78 Å². The molecule has 24 heavy (non-hydrogen) atoms. The van der Waals surface area contributed by atoms with Gasteiger partial charge in [0.25, 0.3) is 0 Å². The molecule has 4 saturated carbocycles. The predicted octanol–water partition coefficient (Wildman–Crippen LogP) is 2.28. The lowest BCUT2D eigenvalue weighted by Crippen LogP contribution is -2.67. The van der Waals surface area contributed by atoms with Crippen LogP contribution in [0, 0.1) is 34.0 Å². The van der Waals surface area contributed by atoms with Crippen molar-refractivity contribution in [3.05, 3.63) is 12.2 Å². The van der Waals surface area contributed by atoms with E-state index in [0.717, 1.165) is 19.3 Å². The third kappa shape index (κ3) is 1.53. The number of Topliss-reactive ketones (excluding diaryl/α,β-unsaturated/α-hetero) is 2. The number of hydrogen-bond acceptors (Lipinski definition) is 4. The van der Waals surface area contributed by atoms with Crippen LogP contribution >= 0.6 is 0 Å². The van der Waals surface area contributed by atoms with Gasteiger partial charge in [-0.25, -0.2) is 0 Å². The standard InChI is InChI=1S/C20H28O4/c1-10-11-5-6-12-19(4)8-7-14(21)18(2,3)13(19)9-15(22)20(12,16(10)23)17(11)24/h11-13,15,17,22,24H,1,5-9H2,2-4H3/t11-,12+,13-,15-,17-,19+,20+/m1/s1. The van der Waals surface area contributed by atoms with Gasteiger partial charge in [-0.2, -0.15) is 0 Å². The molecule has 132 valence electrons. The van der Waals surface area contributed by atoms with Gasteiger partial charge in [0.2, 0.25) is 0 Å². The zero-order valence-corrected chi connectivity index (χ0v) is 14.8. The second-order valence-electron chi connectivity index (χ2n) is 9.42. The number of aliphatic hydroxyl groups is 2. The Kier molecular flexibility index (Phi) is 3.15. The maximum absolute atomic E-state index is 13.1. The number of aliphatic hydroxyl groups excluding tert-OH is 2. The molecule has 0 saturated heterocycles. The van der Waals surface area contributed by atoms with Crippen molar-refractivity contribution in [3.63, 3.8) is 0 Å². The van der Waals surface area contributed by atoms with E-state index in [1.54, 1.807) is 0 Å². The maximum Gasteiger partial charge on any atom is 0.170 e. The van der Waals surface area contributed by atoms with E-state index in [4.69, 9.17) is 0 Å². The molecule has 0 aromatic rings. The summed E-state index contributed by atoms with van der Waals surface area (Å²) in [5, 5.41) is 22.1. The van der Waals surface area contributed by atoms with Crippen LogP contribution in [0.1, 0.15) is 52.9 Å². The molecule has 4 rings (SSSR count). The van der Waals surface area contributed by atoms with Gasteiger partial charge in [0.05, 0.1) is 17.6 Å². The summed E-state index contributed by atoms with van der Waals surface area (Å²) in [4.78, 5) is 25.6. The van der Waals surface area contributed by atoms with Crippen LogP contribution in [0.5, 0.6) is 0 Å². The highest BCUT2D eigenvalue weighted by Crippen LogP contribution is 2.70. The number of fused-ring (bicyclic) bond motifs is 3. The Morgan fingerprint density at radius 1 is 1.08 bits per heavy atom. The smallest absolute Gasteiger partial charge is 0.170 e. The molecular formula is C20H28O4. The molecule has 2 N–H and O–H groups in total. The Bertz CT molecular complexity index is 650. The van der Waals surface area contributed by atoms with E-state index in [0.29, 0.717) is 18.4 Å². The molecule has 4 aliphatic rings.